The van der Waals surface area contributed by atoms with Gasteiger partial charge in [-0.3, -0.25) is 18.5 Å². The van der Waals surface area contributed by atoms with Crippen molar-refractivity contribution >= 4 is 35.0 Å². The largest absolute Gasteiger partial charge is 0.387 e. The minimum Gasteiger partial charge on any atom is -0.356 e. The van der Waals surface area contributed by atoms with Crippen molar-refractivity contribution in [1.82, 2.24) is 5.32 Å². The second-order valence-electron chi connectivity index (χ2n) is 8.12. The maximum absolute atomic E-state index is 11.7. The summed E-state index contributed by atoms with van der Waals surface area (Å²) in [6.07, 6.45) is 2.39. The number of rotatable bonds is 20. The summed E-state index contributed by atoms with van der Waals surface area (Å²) < 4.78 is 33.9. The van der Waals surface area contributed by atoms with Crippen LogP contribution < -0.4 is 5.32 Å². The molecule has 18 heteroatoms. The van der Waals surface area contributed by atoms with E-state index in [2.05, 4.69) is 10.2 Å². The van der Waals surface area contributed by atoms with E-state index in [-0.39, 0.29) is 25.8 Å². The van der Waals surface area contributed by atoms with E-state index in [0.29, 0.717) is 32.0 Å². The Balaban J connectivity index is 4.13. The van der Waals surface area contributed by atoms with Crippen molar-refractivity contribution in [2.24, 2.45) is 0 Å². The van der Waals surface area contributed by atoms with Crippen LogP contribution in [0.25, 0.3) is 0 Å². The van der Waals surface area contributed by atoms with Crippen LogP contribution in [0.5, 0.6) is 0 Å². The van der Waals surface area contributed by atoms with Crippen molar-refractivity contribution in [3.05, 3.63) is 0 Å². The molecule has 0 bridgehead atoms. The molecular weight excluding hydrogens is 535 g/mol. The number of nitrogens with one attached hydrogen (secondary N) is 1. The lowest BCUT2D eigenvalue weighted by atomic mass is 10.1. The van der Waals surface area contributed by atoms with Crippen molar-refractivity contribution < 1.29 is 67.5 Å². The summed E-state index contributed by atoms with van der Waals surface area (Å²) in [6, 6.07) is 0. The molecule has 0 saturated carbocycles. The number of unbranched alkanes of at least 4 members (excludes halogenated alkanes) is 6. The summed E-state index contributed by atoms with van der Waals surface area (Å²) in [6.45, 7) is 1.59. The van der Waals surface area contributed by atoms with Crippen molar-refractivity contribution in [1.29, 1.82) is 0 Å². The first-order chi connectivity index (χ1) is 15.9. The quantitative estimate of drug-likeness (QED) is 0.0254. The van der Waals surface area contributed by atoms with Gasteiger partial charge in [-0.1, -0.05) is 32.1 Å². The highest BCUT2D eigenvalue weighted by Gasteiger charge is 2.48. The summed E-state index contributed by atoms with van der Waals surface area (Å²) in [5, 5.41) is 10.1. The Hall–Kier alpha value is -0.530. The summed E-state index contributed by atoms with van der Waals surface area (Å²) in [5.74, 6) is -0.883. The fourth-order valence-corrected chi connectivity index (χ4v) is 5.80. The van der Waals surface area contributed by atoms with Crippen molar-refractivity contribution in [2.75, 3.05) is 6.54 Å². The number of hydrogen-bond donors (Lipinski definition) is 8. The van der Waals surface area contributed by atoms with Crippen molar-refractivity contribution in [2.45, 2.75) is 88.2 Å². The van der Waals surface area contributed by atoms with E-state index < -0.39 is 52.1 Å². The first-order valence-corrected chi connectivity index (χ1v) is 15.8. The fourth-order valence-electron chi connectivity index (χ4n) is 2.83. The molecule has 0 aromatic rings. The van der Waals surface area contributed by atoms with Crippen molar-refractivity contribution in [3.8, 4) is 0 Å². The first-order valence-electron chi connectivity index (χ1n) is 10.9. The van der Waals surface area contributed by atoms with Crippen LogP contribution >= 0.6 is 22.8 Å². The van der Waals surface area contributed by atoms with Gasteiger partial charge in [-0.2, -0.15) is 4.89 Å². The highest BCUT2D eigenvalue weighted by Crippen LogP contribution is 2.61. The zero-order chi connectivity index (χ0) is 27.3. The molecule has 2 unspecified atom stereocenters. The van der Waals surface area contributed by atoms with E-state index in [9.17, 15) is 38.2 Å². The lowest BCUT2D eigenvalue weighted by molar-refractivity contribution is -0.410. The predicted octanol–water partition coefficient (Wildman–Crippen LogP) is 1.04. The monoisotopic (exact) mass is 571 g/mol. The second kappa shape index (κ2) is 15.7. The molecule has 15 nitrogen and oxygen atoms in total. The Bertz CT molecular complexity index is 771. The summed E-state index contributed by atoms with van der Waals surface area (Å²) in [7, 11) is -15.4. The zero-order valence-electron chi connectivity index (χ0n) is 19.3. The van der Waals surface area contributed by atoms with Gasteiger partial charge in [-0.05, 0) is 19.8 Å². The molecule has 0 aromatic heterocycles. The normalized spacial score (nSPS) is 15.6. The molecule has 1 amide bonds. The van der Waals surface area contributed by atoms with E-state index in [4.69, 9.17) is 24.5 Å². The molecule has 8 N–H and O–H groups in total. The van der Waals surface area contributed by atoms with Crippen molar-refractivity contribution in [3.63, 3.8) is 0 Å². The second-order valence-corrected chi connectivity index (χ2v) is 13.9. The number of amides is 1. The minimum absolute atomic E-state index is 0.0811. The van der Waals surface area contributed by atoms with Crippen LogP contribution in [0.3, 0.4) is 0 Å². The molecule has 0 fully saturated rings. The number of aliphatic hydroxyl groups is 1. The van der Waals surface area contributed by atoms with Gasteiger partial charge in [0.05, 0.1) is 12.5 Å². The number of aldehydes is 1. The van der Waals surface area contributed by atoms with Gasteiger partial charge in [0.2, 0.25) is 5.91 Å². The van der Waals surface area contributed by atoms with E-state index >= 15 is 0 Å². The maximum atomic E-state index is 11.7. The Labute approximate surface area is 203 Å². The number of hydrogen-bond acceptors (Lipinski definition) is 8. The Morgan fingerprint density at radius 2 is 1.40 bits per heavy atom. The summed E-state index contributed by atoms with van der Waals surface area (Å²) >= 11 is 0. The van der Waals surface area contributed by atoms with Crippen LogP contribution in [-0.2, 0) is 33.1 Å². The molecule has 0 rings (SSSR count). The number of carbonyl (C=O) groups is 2. The SMILES string of the molecule is CC(CC=O)OOC(O)(CCCCCCCCCNC(=O)CC(P(=O)(O)O)P(=O)(O)O)P(=O)(O)O. The Morgan fingerprint density at radius 3 is 1.86 bits per heavy atom. The van der Waals surface area contributed by atoms with E-state index in [1.165, 1.54) is 6.92 Å². The third kappa shape index (κ3) is 14.7. The molecule has 0 aliphatic heterocycles. The van der Waals surface area contributed by atoms with Crippen LogP contribution in [0.15, 0.2) is 0 Å². The topological polar surface area (TPSA) is 257 Å². The van der Waals surface area contributed by atoms with Crippen LogP contribution in [0, 0.1) is 0 Å². The molecule has 0 radical (unpaired) electrons. The van der Waals surface area contributed by atoms with Gasteiger partial charge in [-0.15, -0.1) is 0 Å². The smallest absolute Gasteiger partial charge is 0.356 e. The van der Waals surface area contributed by atoms with Crippen LogP contribution in [0.1, 0.15) is 71.1 Å². The molecule has 0 aliphatic carbocycles. The molecule has 0 saturated heterocycles. The van der Waals surface area contributed by atoms with Gasteiger partial charge in [0, 0.05) is 19.4 Å². The van der Waals surface area contributed by atoms with Gasteiger partial charge < -0.3 is 44.6 Å². The molecule has 35 heavy (non-hydrogen) atoms. The molecule has 0 spiro atoms. The van der Waals surface area contributed by atoms with Gasteiger partial charge in [-0.25, -0.2) is 4.89 Å². The minimum atomic E-state index is -5.16. The molecule has 0 aromatic carbocycles. The first kappa shape index (κ1) is 34.5. The number of carbonyl (C=O) groups excluding carboxylic acids is 2. The fraction of sp³-hybridized carbons (Fsp3) is 0.882. The summed E-state index contributed by atoms with van der Waals surface area (Å²) in [5.41, 5.74) is -2.82. The van der Waals surface area contributed by atoms with E-state index in [1.54, 1.807) is 0 Å². The standard InChI is InChI=1S/C17H36NO14P3/c1-14(9-12-19)31-32-17(21,35(28,29)30)10-7-5-3-2-4-6-8-11-18-15(20)13-16(33(22,23)24)34(25,26)27/h12,14,16,21H,2-11,13H2,1H3,(H,18,20)(H2,22,23,24)(H2,25,26,27)(H2,28,29,30). The Kier molecular flexibility index (Phi) is 15.4. The molecular formula is C17H36NO14P3. The van der Waals surface area contributed by atoms with Crippen LogP contribution in [0.4, 0.5) is 0 Å². The van der Waals surface area contributed by atoms with E-state index in [1.807, 2.05) is 0 Å². The average Bonchev–Trinajstić information content (AvgIpc) is 2.69. The van der Waals surface area contributed by atoms with E-state index in [0.717, 1.165) is 12.8 Å². The molecule has 208 valence electrons. The molecule has 0 heterocycles. The lowest BCUT2D eigenvalue weighted by Crippen LogP contribution is -2.34. The zero-order valence-corrected chi connectivity index (χ0v) is 22.0. The van der Waals surface area contributed by atoms with Gasteiger partial charge in [0.1, 0.15) is 6.29 Å². The molecule has 2 atom stereocenters. The van der Waals surface area contributed by atoms with Gasteiger partial charge in [0.25, 0.3) is 0 Å². The third-order valence-electron chi connectivity index (χ3n) is 4.88. The maximum Gasteiger partial charge on any atom is 0.387 e. The van der Waals surface area contributed by atoms with Crippen LogP contribution in [0.2, 0.25) is 0 Å². The summed E-state index contributed by atoms with van der Waals surface area (Å²) in [4.78, 5) is 86.1. The third-order valence-corrected chi connectivity index (χ3v) is 9.81. The molecule has 0 aliphatic rings. The average molecular weight is 571 g/mol. The lowest BCUT2D eigenvalue weighted by Gasteiger charge is -2.28. The predicted molar refractivity (Wildman–Crippen MR) is 122 cm³/mol. The van der Waals surface area contributed by atoms with Gasteiger partial charge in [0.15, 0.2) is 5.40 Å². The van der Waals surface area contributed by atoms with Crippen LogP contribution in [-0.4, -0.2) is 70.2 Å². The highest BCUT2D eigenvalue weighted by atomic mass is 31.2. The Morgan fingerprint density at radius 1 is 0.914 bits per heavy atom. The highest BCUT2D eigenvalue weighted by molar-refractivity contribution is 7.70. The van der Waals surface area contributed by atoms with Gasteiger partial charge >= 0.3 is 28.3 Å².